The molecular weight excluding hydrogens is 367 g/mol. The van der Waals surface area contributed by atoms with Crippen LogP contribution >= 0.6 is 23.2 Å². The van der Waals surface area contributed by atoms with Gasteiger partial charge in [-0.2, -0.15) is 0 Å². The van der Waals surface area contributed by atoms with Gasteiger partial charge in [0.2, 0.25) is 0 Å². The van der Waals surface area contributed by atoms with Gasteiger partial charge in [0.25, 0.3) is 0 Å². The van der Waals surface area contributed by atoms with Crippen molar-refractivity contribution in [3.05, 3.63) is 40.0 Å². The van der Waals surface area contributed by atoms with E-state index in [2.05, 4.69) is 28.9 Å². The van der Waals surface area contributed by atoms with E-state index in [0.717, 1.165) is 11.3 Å². The molecule has 0 unspecified atom stereocenters. The number of amides is 1. The second-order valence-electron chi connectivity index (χ2n) is 5.39. The number of pyridine rings is 1. The summed E-state index contributed by atoms with van der Waals surface area (Å²) in [6, 6.07) is 6.89. The third-order valence-electron chi connectivity index (χ3n) is 3.35. The summed E-state index contributed by atoms with van der Waals surface area (Å²) in [7, 11) is 2.86. The quantitative estimate of drug-likeness (QED) is 0.689. The summed E-state index contributed by atoms with van der Waals surface area (Å²) in [5, 5.41) is 2.56. The second kappa shape index (κ2) is 8.27. The lowest BCUT2D eigenvalue weighted by Gasteiger charge is -2.15. The molecule has 1 N–H and O–H groups in total. The monoisotopic (exact) mass is 384 g/mol. The summed E-state index contributed by atoms with van der Waals surface area (Å²) in [5.41, 5.74) is 0.990. The highest BCUT2D eigenvalue weighted by Crippen LogP contribution is 2.38. The molecule has 0 aliphatic carbocycles. The van der Waals surface area contributed by atoms with Crippen molar-refractivity contribution in [3.8, 4) is 17.2 Å². The van der Waals surface area contributed by atoms with Gasteiger partial charge in [0.15, 0.2) is 10.9 Å². The van der Waals surface area contributed by atoms with Crippen molar-refractivity contribution in [2.75, 3.05) is 19.5 Å². The standard InChI is InChI=1S/C17H18Cl2N2O4/c1-9(2)11-7-10(5-6-12(11)23-3)25-13-8-14(21-17(22)24-4)20-16(19)15(13)18/h5-9H,1-4H3,(H,20,21,22). The van der Waals surface area contributed by atoms with Crippen LogP contribution in [-0.2, 0) is 4.74 Å². The van der Waals surface area contributed by atoms with E-state index in [1.807, 2.05) is 12.1 Å². The molecule has 6 nitrogen and oxygen atoms in total. The maximum atomic E-state index is 11.3. The van der Waals surface area contributed by atoms with Gasteiger partial charge in [0.05, 0.1) is 14.2 Å². The van der Waals surface area contributed by atoms with E-state index in [-0.39, 0.29) is 27.7 Å². The van der Waals surface area contributed by atoms with Crippen molar-refractivity contribution >= 4 is 35.1 Å². The summed E-state index contributed by atoms with van der Waals surface area (Å²) in [6.45, 7) is 4.10. The number of nitrogens with zero attached hydrogens (tertiary/aromatic N) is 1. The van der Waals surface area contributed by atoms with E-state index >= 15 is 0 Å². The summed E-state index contributed by atoms with van der Waals surface area (Å²) < 4.78 is 15.7. The van der Waals surface area contributed by atoms with Crippen LogP contribution < -0.4 is 14.8 Å². The highest BCUT2D eigenvalue weighted by Gasteiger charge is 2.15. The van der Waals surface area contributed by atoms with Gasteiger partial charge in [-0.3, -0.25) is 5.32 Å². The Morgan fingerprint density at radius 2 is 1.88 bits per heavy atom. The van der Waals surface area contributed by atoms with E-state index in [1.165, 1.54) is 13.2 Å². The first-order chi connectivity index (χ1) is 11.8. The average molecular weight is 385 g/mol. The smallest absolute Gasteiger partial charge is 0.412 e. The van der Waals surface area contributed by atoms with Gasteiger partial charge in [-0.15, -0.1) is 0 Å². The van der Waals surface area contributed by atoms with Gasteiger partial charge >= 0.3 is 6.09 Å². The average Bonchev–Trinajstić information content (AvgIpc) is 2.58. The molecule has 1 amide bonds. The van der Waals surface area contributed by atoms with Crippen LogP contribution in [0.4, 0.5) is 10.6 Å². The molecular formula is C17H18Cl2N2O4. The van der Waals surface area contributed by atoms with Crippen molar-refractivity contribution in [2.24, 2.45) is 0 Å². The van der Waals surface area contributed by atoms with E-state index in [4.69, 9.17) is 32.7 Å². The van der Waals surface area contributed by atoms with Gasteiger partial charge in [-0.05, 0) is 24.1 Å². The minimum atomic E-state index is -0.677. The maximum absolute atomic E-state index is 11.3. The molecule has 8 heteroatoms. The zero-order valence-corrected chi connectivity index (χ0v) is 15.7. The number of hydrogen-bond acceptors (Lipinski definition) is 5. The number of carbonyl (C=O) groups is 1. The Labute approximate surface area is 156 Å². The lowest BCUT2D eigenvalue weighted by molar-refractivity contribution is 0.187. The minimum absolute atomic E-state index is 0.00293. The molecule has 0 bridgehead atoms. The Bertz CT molecular complexity index is 781. The molecule has 2 rings (SSSR count). The summed E-state index contributed by atoms with van der Waals surface area (Å²) >= 11 is 12.2. The number of halogens is 2. The first-order valence-corrected chi connectivity index (χ1v) is 8.18. The van der Waals surface area contributed by atoms with Crippen LogP contribution in [0, 0.1) is 0 Å². The predicted molar refractivity (Wildman–Crippen MR) is 97.4 cm³/mol. The van der Waals surface area contributed by atoms with Crippen molar-refractivity contribution in [1.29, 1.82) is 0 Å². The fraction of sp³-hybridized carbons (Fsp3) is 0.294. The topological polar surface area (TPSA) is 69.7 Å². The van der Waals surface area contributed by atoms with E-state index in [1.54, 1.807) is 13.2 Å². The molecule has 0 saturated heterocycles. The second-order valence-corrected chi connectivity index (χ2v) is 6.12. The number of hydrogen-bond donors (Lipinski definition) is 1. The molecule has 1 aromatic carbocycles. The predicted octanol–water partition coefficient (Wildman–Crippen LogP) is 5.49. The van der Waals surface area contributed by atoms with Crippen molar-refractivity contribution < 1.29 is 19.0 Å². The Morgan fingerprint density at radius 1 is 1.16 bits per heavy atom. The molecule has 1 heterocycles. The number of rotatable bonds is 5. The fourth-order valence-corrected chi connectivity index (χ4v) is 2.44. The largest absolute Gasteiger partial charge is 0.496 e. The Balaban J connectivity index is 2.36. The van der Waals surface area contributed by atoms with Crippen molar-refractivity contribution in [3.63, 3.8) is 0 Å². The third kappa shape index (κ3) is 4.67. The maximum Gasteiger partial charge on any atom is 0.412 e. The molecule has 1 aromatic heterocycles. The lowest BCUT2D eigenvalue weighted by Crippen LogP contribution is -2.12. The first kappa shape index (κ1) is 19.1. The number of nitrogens with one attached hydrogen (secondary N) is 1. The fourth-order valence-electron chi connectivity index (χ4n) is 2.12. The molecule has 0 fully saturated rings. The van der Waals surface area contributed by atoms with Gasteiger partial charge in [-0.1, -0.05) is 37.0 Å². The molecule has 2 aromatic rings. The normalized spacial score (nSPS) is 10.5. The molecule has 0 spiro atoms. The number of benzene rings is 1. The molecule has 0 saturated carbocycles. The van der Waals surface area contributed by atoms with Gasteiger partial charge in [0, 0.05) is 11.6 Å². The lowest BCUT2D eigenvalue weighted by atomic mass is 10.0. The van der Waals surface area contributed by atoms with Crippen molar-refractivity contribution in [2.45, 2.75) is 19.8 Å². The summed E-state index contributed by atoms with van der Waals surface area (Å²) in [5.74, 6) is 1.99. The minimum Gasteiger partial charge on any atom is -0.496 e. The number of anilines is 1. The van der Waals surface area contributed by atoms with Crippen LogP contribution in [0.1, 0.15) is 25.3 Å². The molecule has 134 valence electrons. The van der Waals surface area contributed by atoms with Gasteiger partial charge in [-0.25, -0.2) is 9.78 Å². The zero-order chi connectivity index (χ0) is 18.6. The van der Waals surface area contributed by atoms with E-state index in [0.29, 0.717) is 5.75 Å². The number of carbonyl (C=O) groups excluding carboxylic acids is 1. The summed E-state index contributed by atoms with van der Waals surface area (Å²) in [6.07, 6.45) is -0.677. The highest BCUT2D eigenvalue weighted by molar-refractivity contribution is 6.42. The molecule has 0 radical (unpaired) electrons. The molecule has 25 heavy (non-hydrogen) atoms. The van der Waals surface area contributed by atoms with E-state index in [9.17, 15) is 4.79 Å². The molecule has 0 aliphatic rings. The Hall–Kier alpha value is -2.18. The number of aromatic nitrogens is 1. The van der Waals surface area contributed by atoms with Gasteiger partial charge < -0.3 is 14.2 Å². The van der Waals surface area contributed by atoms with Crippen LogP contribution in [0.25, 0.3) is 0 Å². The number of ether oxygens (including phenoxy) is 3. The van der Waals surface area contributed by atoms with Crippen LogP contribution in [0.3, 0.4) is 0 Å². The Kier molecular flexibility index (Phi) is 6.33. The van der Waals surface area contributed by atoms with Gasteiger partial charge in [0.1, 0.15) is 22.3 Å². The highest BCUT2D eigenvalue weighted by atomic mass is 35.5. The van der Waals surface area contributed by atoms with Crippen LogP contribution in [0.2, 0.25) is 10.2 Å². The van der Waals surface area contributed by atoms with E-state index < -0.39 is 6.09 Å². The van der Waals surface area contributed by atoms with Crippen LogP contribution in [0.5, 0.6) is 17.2 Å². The number of methoxy groups -OCH3 is 2. The first-order valence-electron chi connectivity index (χ1n) is 7.42. The van der Waals surface area contributed by atoms with Crippen LogP contribution in [0.15, 0.2) is 24.3 Å². The molecule has 0 aliphatic heterocycles. The summed E-state index contributed by atoms with van der Waals surface area (Å²) in [4.78, 5) is 15.3. The van der Waals surface area contributed by atoms with Crippen molar-refractivity contribution in [1.82, 2.24) is 4.98 Å². The SMILES string of the molecule is COC(=O)Nc1cc(Oc2ccc(OC)c(C(C)C)c2)c(Cl)c(Cl)n1. The zero-order valence-electron chi connectivity index (χ0n) is 14.2. The van der Waals surface area contributed by atoms with Crippen LogP contribution in [-0.4, -0.2) is 25.3 Å². The molecule has 0 atom stereocenters. The third-order valence-corrected chi connectivity index (χ3v) is 4.09. The Morgan fingerprint density at radius 3 is 2.48 bits per heavy atom.